The van der Waals surface area contributed by atoms with Crippen LogP contribution in [-0.4, -0.2) is 17.0 Å². The summed E-state index contributed by atoms with van der Waals surface area (Å²) in [6.45, 7) is 5.00. The zero-order valence-electron chi connectivity index (χ0n) is 10.9. The number of hydrogen-bond acceptors (Lipinski definition) is 5. The van der Waals surface area contributed by atoms with Gasteiger partial charge in [-0.15, -0.1) is 11.3 Å². The Morgan fingerprint density at radius 2 is 2.06 bits per heavy atom. The van der Waals surface area contributed by atoms with Gasteiger partial charge in [-0.2, -0.15) is 4.98 Å². The van der Waals surface area contributed by atoms with Crippen molar-refractivity contribution in [2.75, 3.05) is 17.7 Å². The molecule has 2 N–H and O–H groups in total. The molecular formula is C13H18N4S. The minimum absolute atomic E-state index is 0.642. The number of aryl methyl sites for hydroxylation is 2. The Hall–Kier alpha value is -1.62. The smallest absolute Gasteiger partial charge is 0.224 e. The van der Waals surface area contributed by atoms with Gasteiger partial charge in [0.2, 0.25) is 5.95 Å². The standard InChI is InChI=1S/C13H18N4S/c1-4-10-5-6-11(18-10)8-15-12-9(2)7-16-13(14-3)17-12/h5-7H,4,8H2,1-3H3,(H2,14,15,16,17). The maximum absolute atomic E-state index is 4.40. The van der Waals surface area contributed by atoms with Gasteiger partial charge >= 0.3 is 0 Å². The molecular weight excluding hydrogens is 244 g/mol. The molecule has 0 fully saturated rings. The van der Waals surface area contributed by atoms with Gasteiger partial charge in [0, 0.05) is 28.6 Å². The van der Waals surface area contributed by atoms with Gasteiger partial charge in [-0.3, -0.25) is 0 Å². The molecule has 2 rings (SSSR count). The van der Waals surface area contributed by atoms with Gasteiger partial charge in [0.25, 0.3) is 0 Å². The van der Waals surface area contributed by atoms with Gasteiger partial charge in [0.15, 0.2) is 0 Å². The monoisotopic (exact) mass is 262 g/mol. The molecule has 0 unspecified atom stereocenters. The Bertz CT molecular complexity index is 521. The number of nitrogens with one attached hydrogen (secondary N) is 2. The van der Waals surface area contributed by atoms with Crippen molar-refractivity contribution in [3.05, 3.63) is 33.6 Å². The summed E-state index contributed by atoms with van der Waals surface area (Å²) in [5, 5.41) is 6.31. The molecule has 2 aromatic heterocycles. The lowest BCUT2D eigenvalue weighted by molar-refractivity contribution is 1.07. The second-order valence-electron chi connectivity index (χ2n) is 4.05. The van der Waals surface area contributed by atoms with Crippen LogP contribution in [0.1, 0.15) is 22.2 Å². The highest BCUT2D eigenvalue weighted by molar-refractivity contribution is 7.12. The van der Waals surface area contributed by atoms with Crippen LogP contribution in [0.3, 0.4) is 0 Å². The van der Waals surface area contributed by atoms with Crippen molar-refractivity contribution in [1.29, 1.82) is 0 Å². The first-order valence-corrected chi connectivity index (χ1v) is 6.87. The predicted molar refractivity (Wildman–Crippen MR) is 77.3 cm³/mol. The third-order valence-electron chi connectivity index (χ3n) is 2.69. The van der Waals surface area contributed by atoms with Gasteiger partial charge in [0.1, 0.15) is 5.82 Å². The van der Waals surface area contributed by atoms with Crippen molar-refractivity contribution in [2.24, 2.45) is 0 Å². The SMILES string of the molecule is CCc1ccc(CNc2nc(NC)ncc2C)s1. The van der Waals surface area contributed by atoms with Crippen molar-refractivity contribution >= 4 is 23.1 Å². The molecule has 0 aliphatic rings. The lowest BCUT2D eigenvalue weighted by atomic mass is 10.3. The molecule has 0 bridgehead atoms. The third kappa shape index (κ3) is 2.98. The fraction of sp³-hybridized carbons (Fsp3) is 0.385. The van der Waals surface area contributed by atoms with Crippen LogP contribution in [0.5, 0.6) is 0 Å². The average Bonchev–Trinajstić information content (AvgIpc) is 2.86. The normalized spacial score (nSPS) is 10.4. The van der Waals surface area contributed by atoms with E-state index in [9.17, 15) is 0 Å². The zero-order chi connectivity index (χ0) is 13.0. The van der Waals surface area contributed by atoms with Crippen LogP contribution in [0.4, 0.5) is 11.8 Å². The van der Waals surface area contributed by atoms with E-state index >= 15 is 0 Å². The molecule has 0 atom stereocenters. The molecule has 0 saturated carbocycles. The van der Waals surface area contributed by atoms with Crippen molar-refractivity contribution < 1.29 is 0 Å². The van der Waals surface area contributed by atoms with Crippen molar-refractivity contribution in [3.63, 3.8) is 0 Å². The third-order valence-corrected chi connectivity index (χ3v) is 3.92. The molecule has 96 valence electrons. The molecule has 5 heteroatoms. The molecule has 0 aliphatic carbocycles. The number of nitrogens with zero attached hydrogens (tertiary/aromatic N) is 2. The fourth-order valence-corrected chi connectivity index (χ4v) is 2.52. The Morgan fingerprint density at radius 1 is 1.28 bits per heavy atom. The summed E-state index contributed by atoms with van der Waals surface area (Å²) in [6.07, 6.45) is 2.92. The zero-order valence-corrected chi connectivity index (χ0v) is 11.8. The molecule has 0 saturated heterocycles. The van der Waals surface area contributed by atoms with Crippen LogP contribution in [0.2, 0.25) is 0 Å². The number of aromatic nitrogens is 2. The quantitative estimate of drug-likeness (QED) is 0.869. The Kier molecular flexibility index (Phi) is 4.15. The predicted octanol–water partition coefficient (Wildman–Crippen LogP) is 3.06. The summed E-state index contributed by atoms with van der Waals surface area (Å²) >= 11 is 1.85. The van der Waals surface area contributed by atoms with E-state index in [1.165, 1.54) is 9.75 Å². The van der Waals surface area contributed by atoms with E-state index in [-0.39, 0.29) is 0 Å². The molecule has 2 aromatic rings. The van der Waals surface area contributed by atoms with Crippen LogP contribution >= 0.6 is 11.3 Å². The number of anilines is 2. The topological polar surface area (TPSA) is 49.8 Å². The highest BCUT2D eigenvalue weighted by atomic mass is 32.1. The minimum Gasteiger partial charge on any atom is -0.365 e. The molecule has 0 spiro atoms. The lowest BCUT2D eigenvalue weighted by Gasteiger charge is -2.08. The first-order chi connectivity index (χ1) is 8.72. The van der Waals surface area contributed by atoms with Crippen LogP contribution < -0.4 is 10.6 Å². The van der Waals surface area contributed by atoms with Gasteiger partial charge < -0.3 is 10.6 Å². The fourth-order valence-electron chi connectivity index (χ4n) is 1.62. The first kappa shape index (κ1) is 12.8. The largest absolute Gasteiger partial charge is 0.365 e. The van der Waals surface area contributed by atoms with Crippen molar-refractivity contribution in [3.8, 4) is 0 Å². The number of thiophene rings is 1. The van der Waals surface area contributed by atoms with Gasteiger partial charge in [-0.25, -0.2) is 4.98 Å². The van der Waals surface area contributed by atoms with Gasteiger partial charge in [-0.1, -0.05) is 6.92 Å². The van der Waals surface area contributed by atoms with E-state index in [4.69, 9.17) is 0 Å². The molecule has 18 heavy (non-hydrogen) atoms. The summed E-state index contributed by atoms with van der Waals surface area (Å²) in [5.41, 5.74) is 1.06. The summed E-state index contributed by atoms with van der Waals surface area (Å²) in [5.74, 6) is 1.53. The van der Waals surface area contributed by atoms with Crippen molar-refractivity contribution in [1.82, 2.24) is 9.97 Å². The second-order valence-corrected chi connectivity index (χ2v) is 5.30. The minimum atomic E-state index is 0.642. The highest BCUT2D eigenvalue weighted by Crippen LogP contribution is 2.19. The summed E-state index contributed by atoms with van der Waals surface area (Å²) in [7, 11) is 1.82. The van der Waals surface area contributed by atoms with Crippen LogP contribution in [0.15, 0.2) is 18.3 Å². The second kappa shape index (κ2) is 5.82. The van der Waals surface area contributed by atoms with Crippen LogP contribution in [0.25, 0.3) is 0 Å². The van der Waals surface area contributed by atoms with Crippen LogP contribution in [0, 0.1) is 6.92 Å². The van der Waals surface area contributed by atoms with Gasteiger partial charge in [0.05, 0.1) is 6.54 Å². The summed E-state index contributed by atoms with van der Waals surface area (Å²) < 4.78 is 0. The average molecular weight is 262 g/mol. The number of hydrogen-bond donors (Lipinski definition) is 2. The lowest BCUT2D eigenvalue weighted by Crippen LogP contribution is -2.05. The maximum atomic E-state index is 4.40. The summed E-state index contributed by atoms with van der Waals surface area (Å²) in [4.78, 5) is 11.3. The van der Waals surface area contributed by atoms with E-state index in [1.54, 1.807) is 0 Å². The first-order valence-electron chi connectivity index (χ1n) is 6.05. The van der Waals surface area contributed by atoms with E-state index in [0.717, 1.165) is 24.3 Å². The summed E-state index contributed by atoms with van der Waals surface area (Å²) in [6, 6.07) is 4.36. The van der Waals surface area contributed by atoms with Crippen molar-refractivity contribution in [2.45, 2.75) is 26.8 Å². The maximum Gasteiger partial charge on any atom is 0.224 e. The number of rotatable bonds is 5. The Labute approximate surface area is 111 Å². The molecule has 0 aliphatic heterocycles. The van der Waals surface area contributed by atoms with E-state index in [2.05, 4.69) is 39.7 Å². The molecule has 0 aromatic carbocycles. The molecule has 2 heterocycles. The molecule has 0 amide bonds. The van der Waals surface area contributed by atoms with E-state index < -0.39 is 0 Å². The van der Waals surface area contributed by atoms with Gasteiger partial charge in [-0.05, 0) is 25.5 Å². The van der Waals surface area contributed by atoms with E-state index in [1.807, 2.05) is 31.5 Å². The Balaban J connectivity index is 2.05. The van der Waals surface area contributed by atoms with E-state index in [0.29, 0.717) is 5.95 Å². The highest BCUT2D eigenvalue weighted by Gasteiger charge is 2.04. The molecule has 4 nitrogen and oxygen atoms in total. The Morgan fingerprint density at radius 3 is 2.72 bits per heavy atom. The van der Waals surface area contributed by atoms with Crippen LogP contribution in [-0.2, 0) is 13.0 Å². The molecule has 0 radical (unpaired) electrons.